The average molecular weight is 336 g/mol. The number of alkyl halides is 1. The van der Waals surface area contributed by atoms with Gasteiger partial charge in [-0.2, -0.15) is 0 Å². The molecule has 0 aliphatic heterocycles. The molecule has 0 bridgehead atoms. The van der Waals surface area contributed by atoms with Crippen molar-refractivity contribution in [2.45, 2.75) is 13.0 Å². The SMILES string of the molecule is COc1cc(COC(=O)CCI)ccc1O. The van der Waals surface area contributed by atoms with Gasteiger partial charge < -0.3 is 14.6 Å². The zero-order chi connectivity index (χ0) is 12.0. The van der Waals surface area contributed by atoms with Gasteiger partial charge in [0.25, 0.3) is 0 Å². The van der Waals surface area contributed by atoms with Crippen molar-refractivity contribution < 1.29 is 19.4 Å². The van der Waals surface area contributed by atoms with Crippen molar-refractivity contribution in [3.05, 3.63) is 23.8 Å². The number of hydrogen-bond acceptors (Lipinski definition) is 4. The maximum Gasteiger partial charge on any atom is 0.306 e. The molecule has 1 rings (SSSR count). The van der Waals surface area contributed by atoms with Crippen LogP contribution in [0.3, 0.4) is 0 Å². The van der Waals surface area contributed by atoms with Crippen LogP contribution < -0.4 is 4.74 Å². The van der Waals surface area contributed by atoms with Crippen LogP contribution >= 0.6 is 22.6 Å². The van der Waals surface area contributed by atoms with E-state index in [9.17, 15) is 9.90 Å². The molecule has 0 aromatic heterocycles. The second-order valence-electron chi connectivity index (χ2n) is 3.11. The van der Waals surface area contributed by atoms with Crippen LogP contribution in [-0.2, 0) is 16.1 Å². The zero-order valence-corrected chi connectivity index (χ0v) is 11.1. The number of phenols is 1. The Bertz CT molecular complexity index is 365. The second kappa shape index (κ2) is 6.57. The predicted molar refractivity (Wildman–Crippen MR) is 68.0 cm³/mol. The molecule has 0 spiro atoms. The van der Waals surface area contributed by atoms with E-state index in [2.05, 4.69) is 22.6 Å². The Balaban J connectivity index is 2.57. The topological polar surface area (TPSA) is 55.8 Å². The normalized spacial score (nSPS) is 9.88. The fraction of sp³-hybridized carbons (Fsp3) is 0.364. The third kappa shape index (κ3) is 3.88. The second-order valence-corrected chi connectivity index (χ2v) is 4.18. The number of carbonyl (C=O) groups is 1. The van der Waals surface area contributed by atoms with Crippen LogP contribution in [-0.4, -0.2) is 22.6 Å². The highest BCUT2D eigenvalue weighted by molar-refractivity contribution is 14.1. The molecule has 0 atom stereocenters. The zero-order valence-electron chi connectivity index (χ0n) is 8.90. The molecule has 0 saturated heterocycles. The Morgan fingerprint density at radius 2 is 2.25 bits per heavy atom. The number of halogens is 1. The van der Waals surface area contributed by atoms with Crippen LogP contribution in [0.4, 0.5) is 0 Å². The highest BCUT2D eigenvalue weighted by atomic mass is 127. The van der Waals surface area contributed by atoms with Crippen LogP contribution in [0.15, 0.2) is 18.2 Å². The van der Waals surface area contributed by atoms with Crippen LogP contribution in [0.2, 0.25) is 0 Å². The van der Waals surface area contributed by atoms with E-state index in [1.807, 2.05) is 0 Å². The minimum atomic E-state index is -0.221. The van der Waals surface area contributed by atoms with E-state index >= 15 is 0 Å². The Morgan fingerprint density at radius 1 is 1.50 bits per heavy atom. The average Bonchev–Trinajstić information content (AvgIpc) is 2.28. The molecule has 1 aromatic carbocycles. The summed E-state index contributed by atoms with van der Waals surface area (Å²) in [5.41, 5.74) is 0.788. The first kappa shape index (κ1) is 13.1. The number of esters is 1. The molecule has 0 unspecified atom stereocenters. The molecule has 0 fully saturated rings. The molecule has 16 heavy (non-hydrogen) atoms. The molecule has 5 heteroatoms. The van der Waals surface area contributed by atoms with Gasteiger partial charge in [0.1, 0.15) is 6.61 Å². The van der Waals surface area contributed by atoms with Gasteiger partial charge >= 0.3 is 5.97 Å². The molecule has 0 aliphatic carbocycles. The highest BCUT2D eigenvalue weighted by Gasteiger charge is 2.05. The summed E-state index contributed by atoms with van der Waals surface area (Å²) < 4.78 is 10.7. The van der Waals surface area contributed by atoms with E-state index in [-0.39, 0.29) is 18.3 Å². The lowest BCUT2D eigenvalue weighted by Crippen LogP contribution is -2.04. The first-order valence-corrected chi connectivity index (χ1v) is 6.27. The summed E-state index contributed by atoms with van der Waals surface area (Å²) in [4.78, 5) is 11.1. The van der Waals surface area contributed by atoms with Crippen LogP contribution in [0.25, 0.3) is 0 Å². The number of hydrogen-bond donors (Lipinski definition) is 1. The fourth-order valence-corrected chi connectivity index (χ4v) is 1.57. The summed E-state index contributed by atoms with van der Waals surface area (Å²) in [7, 11) is 1.47. The molecule has 0 aliphatic rings. The maximum atomic E-state index is 11.1. The van der Waals surface area contributed by atoms with Crippen LogP contribution in [0.1, 0.15) is 12.0 Å². The third-order valence-corrected chi connectivity index (χ3v) is 2.48. The molecule has 88 valence electrons. The molecule has 0 amide bonds. The number of phenolic OH excluding ortho intramolecular Hbond substituents is 1. The molecule has 4 nitrogen and oxygen atoms in total. The monoisotopic (exact) mass is 336 g/mol. The number of ether oxygens (including phenoxy) is 2. The van der Waals surface area contributed by atoms with Crippen LogP contribution in [0.5, 0.6) is 11.5 Å². The van der Waals surface area contributed by atoms with E-state index in [1.165, 1.54) is 13.2 Å². The molecule has 0 radical (unpaired) electrons. The van der Waals surface area contributed by atoms with Crippen LogP contribution in [0, 0.1) is 0 Å². The van der Waals surface area contributed by atoms with Crippen molar-refractivity contribution in [1.82, 2.24) is 0 Å². The molecule has 0 heterocycles. The van der Waals surface area contributed by atoms with E-state index in [0.29, 0.717) is 12.2 Å². The van der Waals surface area contributed by atoms with Gasteiger partial charge in [0.05, 0.1) is 13.5 Å². The number of aromatic hydroxyl groups is 1. The smallest absolute Gasteiger partial charge is 0.306 e. The predicted octanol–water partition coefficient (Wildman–Crippen LogP) is 2.27. The van der Waals surface area contributed by atoms with Crippen molar-refractivity contribution in [1.29, 1.82) is 0 Å². The minimum absolute atomic E-state index is 0.0739. The molecule has 1 aromatic rings. The Kier molecular flexibility index (Phi) is 5.37. The van der Waals surface area contributed by atoms with Gasteiger partial charge in [-0.05, 0) is 17.7 Å². The van der Waals surface area contributed by atoms with E-state index in [0.717, 1.165) is 9.99 Å². The Hall–Kier alpha value is -0.980. The van der Waals surface area contributed by atoms with Crippen molar-refractivity contribution in [2.75, 3.05) is 11.5 Å². The number of carbonyl (C=O) groups excluding carboxylic acids is 1. The number of rotatable bonds is 5. The lowest BCUT2D eigenvalue weighted by Gasteiger charge is -2.07. The third-order valence-electron chi connectivity index (χ3n) is 1.94. The quantitative estimate of drug-likeness (QED) is 0.509. The van der Waals surface area contributed by atoms with Crippen molar-refractivity contribution in [2.24, 2.45) is 0 Å². The summed E-state index contributed by atoms with van der Waals surface area (Å²) >= 11 is 2.12. The number of benzene rings is 1. The largest absolute Gasteiger partial charge is 0.504 e. The number of methoxy groups -OCH3 is 1. The summed E-state index contributed by atoms with van der Waals surface area (Å²) in [5, 5.41) is 9.36. The van der Waals surface area contributed by atoms with Gasteiger partial charge in [-0.3, -0.25) is 4.79 Å². The van der Waals surface area contributed by atoms with Crippen molar-refractivity contribution in [3.63, 3.8) is 0 Å². The van der Waals surface area contributed by atoms with Gasteiger partial charge in [0.2, 0.25) is 0 Å². The molecular formula is C11H13IO4. The van der Waals surface area contributed by atoms with Gasteiger partial charge in [0.15, 0.2) is 11.5 Å². The molecule has 0 saturated carbocycles. The van der Waals surface area contributed by atoms with Crippen molar-refractivity contribution >= 4 is 28.6 Å². The summed E-state index contributed by atoms with van der Waals surface area (Å²) in [6.45, 7) is 0.201. The standard InChI is InChI=1S/C11H13IO4/c1-15-10-6-8(2-3-9(10)13)7-16-11(14)4-5-12/h2-3,6,13H,4-5,7H2,1H3. The summed E-state index contributed by atoms with van der Waals surface area (Å²) in [6.07, 6.45) is 0.412. The van der Waals surface area contributed by atoms with Crippen molar-refractivity contribution in [3.8, 4) is 11.5 Å². The van der Waals surface area contributed by atoms with E-state index in [4.69, 9.17) is 9.47 Å². The van der Waals surface area contributed by atoms with Gasteiger partial charge in [-0.25, -0.2) is 0 Å². The highest BCUT2D eigenvalue weighted by Crippen LogP contribution is 2.26. The first-order valence-electron chi connectivity index (χ1n) is 4.75. The lowest BCUT2D eigenvalue weighted by atomic mass is 10.2. The van der Waals surface area contributed by atoms with Gasteiger partial charge in [-0.15, -0.1) is 0 Å². The fourth-order valence-electron chi connectivity index (χ4n) is 1.12. The van der Waals surface area contributed by atoms with E-state index in [1.54, 1.807) is 12.1 Å². The lowest BCUT2D eigenvalue weighted by molar-refractivity contribution is -0.144. The summed E-state index contributed by atoms with van der Waals surface area (Å²) in [6, 6.07) is 4.85. The molecule has 1 N–H and O–H groups in total. The Labute approximate surface area is 108 Å². The first-order chi connectivity index (χ1) is 7.67. The Morgan fingerprint density at radius 3 is 2.88 bits per heavy atom. The minimum Gasteiger partial charge on any atom is -0.504 e. The molecular weight excluding hydrogens is 323 g/mol. The summed E-state index contributed by atoms with van der Waals surface area (Å²) in [5.74, 6) is 0.230. The van der Waals surface area contributed by atoms with Gasteiger partial charge in [0, 0.05) is 4.43 Å². The van der Waals surface area contributed by atoms with Gasteiger partial charge in [-0.1, -0.05) is 28.7 Å². The van der Waals surface area contributed by atoms with E-state index < -0.39 is 0 Å². The maximum absolute atomic E-state index is 11.1.